The molecule has 0 bridgehead atoms. The summed E-state index contributed by atoms with van der Waals surface area (Å²) >= 11 is 0. The quantitative estimate of drug-likeness (QED) is 0.738. The molecule has 2 aliphatic rings. The van der Waals surface area contributed by atoms with Gasteiger partial charge in [-0.1, -0.05) is 6.92 Å². The Morgan fingerprint density at radius 2 is 1.81 bits per heavy atom. The standard InChI is InChI=1S/C15H26N2O4/c1-11-2-4-12(5-3-11)17-14(20)16-10-15(13(18)19)6-8-21-9-7-15/h11-12H,2-10H2,1H3,(H,18,19)(H2,16,17,20). The van der Waals surface area contributed by atoms with E-state index in [0.717, 1.165) is 31.6 Å². The Hall–Kier alpha value is -1.30. The Labute approximate surface area is 125 Å². The Balaban J connectivity index is 1.78. The predicted molar refractivity (Wildman–Crippen MR) is 78.1 cm³/mol. The third kappa shape index (κ3) is 4.33. The minimum absolute atomic E-state index is 0.167. The van der Waals surface area contributed by atoms with Crippen LogP contribution >= 0.6 is 0 Å². The van der Waals surface area contributed by atoms with Gasteiger partial charge < -0.3 is 20.5 Å². The van der Waals surface area contributed by atoms with Gasteiger partial charge in [0.25, 0.3) is 0 Å². The van der Waals surface area contributed by atoms with Crippen LogP contribution in [0.25, 0.3) is 0 Å². The first-order valence-electron chi connectivity index (χ1n) is 7.87. The molecule has 2 amide bonds. The molecule has 0 aromatic heterocycles. The first kappa shape index (κ1) is 16.1. The summed E-state index contributed by atoms with van der Waals surface area (Å²) in [6, 6.07) is -0.0293. The van der Waals surface area contributed by atoms with Crippen molar-refractivity contribution >= 4 is 12.0 Å². The third-order valence-corrected chi connectivity index (χ3v) is 4.84. The second-order valence-electron chi connectivity index (χ2n) is 6.48. The molecule has 1 saturated carbocycles. The molecule has 2 rings (SSSR count). The van der Waals surface area contributed by atoms with E-state index >= 15 is 0 Å². The van der Waals surface area contributed by atoms with E-state index in [9.17, 15) is 14.7 Å². The van der Waals surface area contributed by atoms with Crippen LogP contribution in [0, 0.1) is 11.3 Å². The molecule has 3 N–H and O–H groups in total. The number of amides is 2. The maximum atomic E-state index is 12.0. The lowest BCUT2D eigenvalue weighted by Gasteiger charge is -2.33. The van der Waals surface area contributed by atoms with E-state index < -0.39 is 11.4 Å². The number of carbonyl (C=O) groups excluding carboxylic acids is 1. The molecule has 6 heteroatoms. The van der Waals surface area contributed by atoms with Crippen LogP contribution in [-0.2, 0) is 9.53 Å². The topological polar surface area (TPSA) is 87.7 Å². The van der Waals surface area contributed by atoms with E-state index in [1.54, 1.807) is 0 Å². The fourth-order valence-corrected chi connectivity index (χ4v) is 3.12. The van der Waals surface area contributed by atoms with Crippen molar-refractivity contribution in [1.82, 2.24) is 10.6 Å². The van der Waals surface area contributed by atoms with Crippen LogP contribution in [0.3, 0.4) is 0 Å². The highest BCUT2D eigenvalue weighted by molar-refractivity contribution is 5.78. The maximum Gasteiger partial charge on any atom is 0.315 e. The van der Waals surface area contributed by atoms with Gasteiger partial charge in [0.1, 0.15) is 0 Å². The first-order valence-corrected chi connectivity index (χ1v) is 7.87. The second kappa shape index (κ2) is 7.11. The highest BCUT2D eigenvalue weighted by atomic mass is 16.5. The normalized spacial score (nSPS) is 28.6. The van der Waals surface area contributed by atoms with Crippen LogP contribution < -0.4 is 10.6 Å². The van der Waals surface area contributed by atoms with E-state index in [2.05, 4.69) is 17.6 Å². The van der Waals surface area contributed by atoms with Crippen LogP contribution in [-0.4, -0.2) is 42.9 Å². The SMILES string of the molecule is CC1CCC(NC(=O)NCC2(C(=O)O)CCOCC2)CC1. The van der Waals surface area contributed by atoms with E-state index in [4.69, 9.17) is 4.74 Å². The lowest BCUT2D eigenvalue weighted by molar-refractivity contribution is -0.154. The van der Waals surface area contributed by atoms with Crippen molar-refractivity contribution in [3.63, 3.8) is 0 Å². The highest BCUT2D eigenvalue weighted by Crippen LogP contribution is 2.30. The van der Waals surface area contributed by atoms with Crippen molar-refractivity contribution in [2.24, 2.45) is 11.3 Å². The van der Waals surface area contributed by atoms with Gasteiger partial charge in [-0.25, -0.2) is 4.79 Å². The number of hydrogen-bond donors (Lipinski definition) is 3. The number of carboxylic acids is 1. The molecule has 0 radical (unpaired) electrons. The van der Waals surface area contributed by atoms with E-state index in [1.165, 1.54) is 0 Å². The molecule has 1 saturated heterocycles. The molecule has 2 fully saturated rings. The van der Waals surface area contributed by atoms with Crippen molar-refractivity contribution < 1.29 is 19.4 Å². The Kier molecular flexibility index (Phi) is 5.45. The van der Waals surface area contributed by atoms with Gasteiger partial charge in [-0.2, -0.15) is 0 Å². The van der Waals surface area contributed by atoms with Gasteiger partial charge >= 0.3 is 12.0 Å². The Bertz CT molecular complexity index is 372. The molecule has 120 valence electrons. The largest absolute Gasteiger partial charge is 0.481 e. The van der Waals surface area contributed by atoms with Crippen LogP contribution in [0.15, 0.2) is 0 Å². The summed E-state index contributed by atoms with van der Waals surface area (Å²) in [7, 11) is 0. The molecule has 0 atom stereocenters. The average molecular weight is 298 g/mol. The molecular weight excluding hydrogens is 272 g/mol. The minimum atomic E-state index is -0.878. The molecule has 0 aromatic rings. The highest BCUT2D eigenvalue weighted by Gasteiger charge is 2.40. The van der Waals surface area contributed by atoms with Crippen LogP contribution in [0.5, 0.6) is 0 Å². The molecule has 6 nitrogen and oxygen atoms in total. The van der Waals surface area contributed by atoms with Crippen LogP contribution in [0.4, 0.5) is 4.79 Å². The van der Waals surface area contributed by atoms with Crippen LogP contribution in [0.1, 0.15) is 45.4 Å². The molecule has 21 heavy (non-hydrogen) atoms. The summed E-state index contributed by atoms with van der Waals surface area (Å²) in [6.07, 6.45) is 5.19. The van der Waals surface area contributed by atoms with Gasteiger partial charge in [-0.05, 0) is 44.4 Å². The fraction of sp³-hybridized carbons (Fsp3) is 0.867. The van der Waals surface area contributed by atoms with Gasteiger partial charge in [0.05, 0.1) is 5.41 Å². The van der Waals surface area contributed by atoms with Crippen LogP contribution in [0.2, 0.25) is 0 Å². The molecule has 1 heterocycles. The lowest BCUT2D eigenvalue weighted by Crippen LogP contribution is -2.50. The van der Waals surface area contributed by atoms with Gasteiger partial charge in [0.15, 0.2) is 0 Å². The van der Waals surface area contributed by atoms with Gasteiger partial charge in [-0.15, -0.1) is 0 Å². The maximum absolute atomic E-state index is 12.0. The number of rotatable bonds is 4. The van der Waals surface area contributed by atoms with Crippen molar-refractivity contribution in [3.05, 3.63) is 0 Å². The number of hydrogen-bond acceptors (Lipinski definition) is 3. The fourth-order valence-electron chi connectivity index (χ4n) is 3.12. The van der Waals surface area contributed by atoms with E-state index in [-0.39, 0.29) is 18.6 Å². The Morgan fingerprint density at radius 3 is 2.38 bits per heavy atom. The summed E-state index contributed by atoms with van der Waals surface area (Å²) in [5.41, 5.74) is -0.878. The van der Waals surface area contributed by atoms with Crippen molar-refractivity contribution in [2.45, 2.75) is 51.5 Å². The summed E-state index contributed by atoms with van der Waals surface area (Å²) < 4.78 is 5.22. The summed E-state index contributed by atoms with van der Waals surface area (Å²) in [5.74, 6) is -0.110. The van der Waals surface area contributed by atoms with Crippen molar-refractivity contribution in [3.8, 4) is 0 Å². The second-order valence-corrected chi connectivity index (χ2v) is 6.48. The van der Waals surface area contributed by atoms with E-state index in [1.807, 2.05) is 0 Å². The molecule has 1 aliphatic carbocycles. The predicted octanol–water partition coefficient (Wildman–Crippen LogP) is 1.75. The number of aliphatic carboxylic acids is 1. The molecular formula is C15H26N2O4. The zero-order valence-corrected chi connectivity index (χ0v) is 12.7. The number of urea groups is 1. The average Bonchev–Trinajstić information content (AvgIpc) is 2.48. The summed E-state index contributed by atoms with van der Waals surface area (Å²) in [6.45, 7) is 3.28. The lowest BCUT2D eigenvalue weighted by atomic mass is 9.80. The molecule has 0 spiro atoms. The number of carboxylic acid groups (broad SMARTS) is 1. The first-order chi connectivity index (χ1) is 10.0. The third-order valence-electron chi connectivity index (χ3n) is 4.84. The van der Waals surface area contributed by atoms with Crippen molar-refractivity contribution in [1.29, 1.82) is 0 Å². The summed E-state index contributed by atoms with van der Waals surface area (Å²) in [4.78, 5) is 23.4. The number of carbonyl (C=O) groups is 2. The summed E-state index contributed by atoms with van der Waals surface area (Å²) in [5, 5.41) is 15.1. The monoisotopic (exact) mass is 298 g/mol. The zero-order chi connectivity index (χ0) is 15.3. The van der Waals surface area contributed by atoms with Crippen molar-refractivity contribution in [2.75, 3.05) is 19.8 Å². The van der Waals surface area contributed by atoms with Gasteiger partial charge in [-0.3, -0.25) is 4.79 Å². The molecule has 1 aliphatic heterocycles. The van der Waals surface area contributed by atoms with E-state index in [0.29, 0.717) is 26.1 Å². The minimum Gasteiger partial charge on any atom is -0.481 e. The molecule has 0 unspecified atom stereocenters. The van der Waals surface area contributed by atoms with Gasteiger partial charge in [0.2, 0.25) is 0 Å². The zero-order valence-electron chi connectivity index (χ0n) is 12.7. The number of ether oxygens (including phenoxy) is 1. The molecule has 0 aromatic carbocycles. The van der Waals surface area contributed by atoms with Gasteiger partial charge in [0, 0.05) is 25.8 Å². The smallest absolute Gasteiger partial charge is 0.315 e. The number of nitrogens with one attached hydrogen (secondary N) is 2. The Morgan fingerprint density at radius 1 is 1.19 bits per heavy atom.